The van der Waals surface area contributed by atoms with Crippen LogP contribution in [0.15, 0.2) is 24.3 Å². The minimum atomic E-state index is 0.595. The van der Waals surface area contributed by atoms with Gasteiger partial charge in [0.15, 0.2) is 0 Å². The predicted molar refractivity (Wildman–Crippen MR) is 79.1 cm³/mol. The molecule has 2 heteroatoms. The van der Waals surface area contributed by atoms with E-state index in [1.165, 1.54) is 37.8 Å². The lowest BCUT2D eigenvalue weighted by Gasteiger charge is -2.21. The number of nitrogens with one attached hydrogen (secondary N) is 1. The third-order valence-corrected chi connectivity index (χ3v) is 4.23. The second-order valence-electron chi connectivity index (χ2n) is 5.85. The molecule has 2 unspecified atom stereocenters. The SMILES string of the molecule is CC(C)NCC1CCCC1Cc1cccc(Cl)c1. The molecule has 0 aromatic heterocycles. The highest BCUT2D eigenvalue weighted by atomic mass is 35.5. The monoisotopic (exact) mass is 265 g/mol. The van der Waals surface area contributed by atoms with Crippen molar-refractivity contribution < 1.29 is 0 Å². The molecule has 1 fully saturated rings. The van der Waals surface area contributed by atoms with Crippen molar-refractivity contribution >= 4 is 11.6 Å². The van der Waals surface area contributed by atoms with Crippen molar-refractivity contribution in [2.24, 2.45) is 11.8 Å². The van der Waals surface area contributed by atoms with Gasteiger partial charge in [0.25, 0.3) is 0 Å². The van der Waals surface area contributed by atoms with Crippen LogP contribution in [0.2, 0.25) is 5.02 Å². The molecule has 0 radical (unpaired) electrons. The first-order chi connectivity index (χ1) is 8.65. The molecule has 18 heavy (non-hydrogen) atoms. The van der Waals surface area contributed by atoms with Crippen LogP contribution in [0.25, 0.3) is 0 Å². The molecule has 0 saturated heterocycles. The van der Waals surface area contributed by atoms with E-state index in [2.05, 4.69) is 37.4 Å². The molecule has 0 amide bonds. The third-order valence-electron chi connectivity index (χ3n) is 3.99. The van der Waals surface area contributed by atoms with Crippen LogP contribution in [0.1, 0.15) is 38.7 Å². The van der Waals surface area contributed by atoms with Gasteiger partial charge in [0.1, 0.15) is 0 Å². The average molecular weight is 266 g/mol. The van der Waals surface area contributed by atoms with E-state index in [1.807, 2.05) is 6.07 Å². The van der Waals surface area contributed by atoms with E-state index >= 15 is 0 Å². The van der Waals surface area contributed by atoms with Gasteiger partial charge in [-0.3, -0.25) is 0 Å². The van der Waals surface area contributed by atoms with Gasteiger partial charge in [0, 0.05) is 11.1 Å². The van der Waals surface area contributed by atoms with Crippen LogP contribution in [0.3, 0.4) is 0 Å². The fraction of sp³-hybridized carbons (Fsp3) is 0.625. The number of halogens is 1. The Morgan fingerprint density at radius 1 is 1.28 bits per heavy atom. The Kier molecular flexibility index (Phi) is 5.08. The van der Waals surface area contributed by atoms with Crippen LogP contribution in [0.5, 0.6) is 0 Å². The Morgan fingerprint density at radius 2 is 2.06 bits per heavy atom. The van der Waals surface area contributed by atoms with Crippen molar-refractivity contribution in [2.45, 2.75) is 45.6 Å². The predicted octanol–water partition coefficient (Wildman–Crippen LogP) is 4.30. The molecule has 2 atom stereocenters. The molecule has 1 aromatic rings. The Bertz CT molecular complexity index is 375. The molecule has 1 saturated carbocycles. The van der Waals surface area contributed by atoms with Crippen molar-refractivity contribution in [2.75, 3.05) is 6.54 Å². The highest BCUT2D eigenvalue weighted by molar-refractivity contribution is 6.30. The Hall–Kier alpha value is -0.530. The number of hydrogen-bond acceptors (Lipinski definition) is 1. The second-order valence-corrected chi connectivity index (χ2v) is 6.28. The summed E-state index contributed by atoms with van der Waals surface area (Å²) in [6.45, 7) is 5.62. The van der Waals surface area contributed by atoms with Crippen LogP contribution >= 0.6 is 11.6 Å². The Morgan fingerprint density at radius 3 is 2.78 bits per heavy atom. The van der Waals surface area contributed by atoms with Crippen molar-refractivity contribution in [1.82, 2.24) is 5.32 Å². The van der Waals surface area contributed by atoms with Crippen LogP contribution in [0, 0.1) is 11.8 Å². The Balaban J connectivity index is 1.91. The quantitative estimate of drug-likeness (QED) is 0.837. The minimum Gasteiger partial charge on any atom is -0.314 e. The van der Waals surface area contributed by atoms with Crippen molar-refractivity contribution in [1.29, 1.82) is 0 Å². The van der Waals surface area contributed by atoms with Gasteiger partial charge in [-0.1, -0.05) is 44.0 Å². The lowest BCUT2D eigenvalue weighted by Crippen LogP contribution is -2.31. The molecule has 0 aliphatic heterocycles. The van der Waals surface area contributed by atoms with Crippen LogP contribution in [-0.2, 0) is 6.42 Å². The molecule has 0 heterocycles. The molecular weight excluding hydrogens is 242 g/mol. The summed E-state index contributed by atoms with van der Waals surface area (Å²) in [5.74, 6) is 1.67. The highest BCUT2D eigenvalue weighted by Gasteiger charge is 2.27. The van der Waals surface area contributed by atoms with Crippen LogP contribution < -0.4 is 5.32 Å². The maximum absolute atomic E-state index is 6.06. The molecule has 1 N–H and O–H groups in total. The third kappa shape index (κ3) is 4.00. The lowest BCUT2D eigenvalue weighted by atomic mass is 9.89. The first kappa shape index (κ1) is 13.9. The maximum Gasteiger partial charge on any atom is 0.0408 e. The maximum atomic E-state index is 6.06. The van der Waals surface area contributed by atoms with E-state index in [4.69, 9.17) is 11.6 Å². The molecular formula is C16H24ClN. The normalized spacial score (nSPS) is 23.8. The van der Waals surface area contributed by atoms with Gasteiger partial charge in [-0.2, -0.15) is 0 Å². The Labute approximate surface area is 116 Å². The first-order valence-electron chi connectivity index (χ1n) is 7.13. The molecule has 1 aliphatic carbocycles. The van der Waals surface area contributed by atoms with E-state index in [0.717, 1.165) is 16.9 Å². The summed E-state index contributed by atoms with van der Waals surface area (Å²) in [5, 5.41) is 4.45. The second kappa shape index (κ2) is 6.58. The average Bonchev–Trinajstić information content (AvgIpc) is 2.74. The number of rotatable bonds is 5. The highest BCUT2D eigenvalue weighted by Crippen LogP contribution is 2.34. The van der Waals surface area contributed by atoms with Gasteiger partial charge >= 0.3 is 0 Å². The van der Waals surface area contributed by atoms with Gasteiger partial charge in [-0.15, -0.1) is 0 Å². The fourth-order valence-electron chi connectivity index (χ4n) is 3.00. The zero-order valence-electron chi connectivity index (χ0n) is 11.5. The van der Waals surface area contributed by atoms with E-state index in [-0.39, 0.29) is 0 Å². The molecule has 0 spiro atoms. The van der Waals surface area contributed by atoms with E-state index in [0.29, 0.717) is 6.04 Å². The minimum absolute atomic E-state index is 0.595. The molecule has 1 aliphatic rings. The summed E-state index contributed by atoms with van der Waals surface area (Å²) in [4.78, 5) is 0. The van der Waals surface area contributed by atoms with Gasteiger partial charge < -0.3 is 5.32 Å². The summed E-state index contributed by atoms with van der Waals surface area (Å²) in [5.41, 5.74) is 1.39. The zero-order chi connectivity index (χ0) is 13.0. The van der Waals surface area contributed by atoms with Crippen molar-refractivity contribution in [3.8, 4) is 0 Å². The molecule has 1 nitrogen and oxygen atoms in total. The molecule has 100 valence electrons. The van der Waals surface area contributed by atoms with E-state index in [9.17, 15) is 0 Å². The summed E-state index contributed by atoms with van der Waals surface area (Å²) in [6, 6.07) is 8.94. The van der Waals surface area contributed by atoms with Crippen molar-refractivity contribution in [3.63, 3.8) is 0 Å². The molecule has 0 bridgehead atoms. The summed E-state index contributed by atoms with van der Waals surface area (Å²) >= 11 is 6.06. The standard InChI is InChI=1S/C16H24ClN/c1-12(2)18-11-15-7-4-6-14(15)9-13-5-3-8-16(17)10-13/h3,5,8,10,12,14-15,18H,4,6-7,9,11H2,1-2H3. The summed E-state index contributed by atoms with van der Waals surface area (Å²) in [7, 11) is 0. The van der Waals surface area contributed by atoms with E-state index < -0.39 is 0 Å². The van der Waals surface area contributed by atoms with Crippen molar-refractivity contribution in [3.05, 3.63) is 34.9 Å². The first-order valence-corrected chi connectivity index (χ1v) is 7.51. The van der Waals surface area contributed by atoms with Gasteiger partial charge in [0.2, 0.25) is 0 Å². The number of benzene rings is 1. The smallest absolute Gasteiger partial charge is 0.0408 e. The largest absolute Gasteiger partial charge is 0.314 e. The van der Waals surface area contributed by atoms with E-state index in [1.54, 1.807) is 0 Å². The lowest BCUT2D eigenvalue weighted by molar-refractivity contribution is 0.354. The van der Waals surface area contributed by atoms with Crippen LogP contribution in [-0.4, -0.2) is 12.6 Å². The van der Waals surface area contributed by atoms with Crippen LogP contribution in [0.4, 0.5) is 0 Å². The topological polar surface area (TPSA) is 12.0 Å². The van der Waals surface area contributed by atoms with Gasteiger partial charge in [0.05, 0.1) is 0 Å². The molecule has 2 rings (SSSR count). The summed E-state index contributed by atoms with van der Waals surface area (Å²) in [6.07, 6.45) is 5.32. The number of hydrogen-bond donors (Lipinski definition) is 1. The zero-order valence-corrected chi connectivity index (χ0v) is 12.2. The van der Waals surface area contributed by atoms with Gasteiger partial charge in [-0.25, -0.2) is 0 Å². The van der Waals surface area contributed by atoms with Gasteiger partial charge in [-0.05, 0) is 55.3 Å². The molecule has 1 aromatic carbocycles. The fourth-order valence-corrected chi connectivity index (χ4v) is 3.22. The summed E-state index contributed by atoms with van der Waals surface area (Å²) < 4.78 is 0.